The predicted molar refractivity (Wildman–Crippen MR) is 86.1 cm³/mol. The molecule has 116 valence electrons. The largest absolute Gasteiger partial charge is 0.333 e. The minimum Gasteiger partial charge on any atom is -0.333 e. The Kier molecular flexibility index (Phi) is 4.45. The third kappa shape index (κ3) is 3.15. The van der Waals surface area contributed by atoms with Crippen LogP contribution in [0.3, 0.4) is 0 Å². The smallest absolute Gasteiger partial charge is 0.257 e. The SMILES string of the molecule is C[C@H]1CNCCN1C(=O)c1cnn(Cc2ccccc2Cl)c1. The van der Waals surface area contributed by atoms with E-state index in [0.29, 0.717) is 17.1 Å². The van der Waals surface area contributed by atoms with Gasteiger partial charge in [-0.2, -0.15) is 5.10 Å². The second-order valence-electron chi connectivity index (χ2n) is 5.57. The number of piperazine rings is 1. The molecule has 2 heterocycles. The minimum atomic E-state index is 0.0411. The van der Waals surface area contributed by atoms with Crippen molar-refractivity contribution < 1.29 is 4.79 Å². The summed E-state index contributed by atoms with van der Waals surface area (Å²) in [7, 11) is 0. The van der Waals surface area contributed by atoms with Crippen molar-refractivity contribution in [1.82, 2.24) is 20.0 Å². The van der Waals surface area contributed by atoms with Crippen molar-refractivity contribution in [1.29, 1.82) is 0 Å². The van der Waals surface area contributed by atoms with E-state index in [4.69, 9.17) is 11.6 Å². The molecule has 1 atom stereocenters. The lowest BCUT2D eigenvalue weighted by molar-refractivity contribution is 0.0655. The second-order valence-corrected chi connectivity index (χ2v) is 5.98. The summed E-state index contributed by atoms with van der Waals surface area (Å²) in [6, 6.07) is 7.86. The third-order valence-corrected chi connectivity index (χ3v) is 4.30. The van der Waals surface area contributed by atoms with Gasteiger partial charge in [0.05, 0.1) is 18.3 Å². The van der Waals surface area contributed by atoms with Gasteiger partial charge in [-0.3, -0.25) is 9.48 Å². The first-order chi connectivity index (χ1) is 10.6. The quantitative estimate of drug-likeness (QED) is 0.942. The molecule has 0 unspecified atom stereocenters. The number of hydrogen-bond donors (Lipinski definition) is 1. The number of benzene rings is 1. The molecule has 1 aromatic carbocycles. The normalized spacial score (nSPS) is 18.5. The zero-order valence-electron chi connectivity index (χ0n) is 12.5. The van der Waals surface area contributed by atoms with Gasteiger partial charge in [0.15, 0.2) is 0 Å². The number of carbonyl (C=O) groups is 1. The monoisotopic (exact) mass is 318 g/mol. The lowest BCUT2D eigenvalue weighted by Gasteiger charge is -2.33. The van der Waals surface area contributed by atoms with Crippen molar-refractivity contribution in [3.63, 3.8) is 0 Å². The maximum Gasteiger partial charge on any atom is 0.257 e. The Morgan fingerprint density at radius 2 is 2.27 bits per heavy atom. The fourth-order valence-electron chi connectivity index (χ4n) is 2.67. The summed E-state index contributed by atoms with van der Waals surface area (Å²) in [6.45, 7) is 5.02. The van der Waals surface area contributed by atoms with E-state index in [1.54, 1.807) is 17.1 Å². The molecule has 1 aliphatic heterocycles. The number of rotatable bonds is 3. The number of nitrogens with one attached hydrogen (secondary N) is 1. The van der Waals surface area contributed by atoms with Crippen LogP contribution in [0.5, 0.6) is 0 Å². The molecule has 6 heteroatoms. The minimum absolute atomic E-state index is 0.0411. The highest BCUT2D eigenvalue weighted by Crippen LogP contribution is 2.16. The molecule has 1 N–H and O–H groups in total. The van der Waals surface area contributed by atoms with Gasteiger partial charge < -0.3 is 10.2 Å². The molecule has 1 amide bonds. The molecule has 1 aromatic heterocycles. The third-order valence-electron chi connectivity index (χ3n) is 3.93. The zero-order valence-corrected chi connectivity index (χ0v) is 13.3. The van der Waals surface area contributed by atoms with Crippen LogP contribution < -0.4 is 5.32 Å². The van der Waals surface area contributed by atoms with Crippen LogP contribution in [0.4, 0.5) is 0 Å². The summed E-state index contributed by atoms with van der Waals surface area (Å²) in [6.07, 6.45) is 3.42. The van der Waals surface area contributed by atoms with Gasteiger partial charge in [-0.1, -0.05) is 29.8 Å². The number of carbonyl (C=O) groups excluding carboxylic acids is 1. The van der Waals surface area contributed by atoms with Crippen LogP contribution in [0.15, 0.2) is 36.7 Å². The Bertz CT molecular complexity index is 670. The fraction of sp³-hybridized carbons (Fsp3) is 0.375. The van der Waals surface area contributed by atoms with Crippen LogP contribution in [0.2, 0.25) is 5.02 Å². The van der Waals surface area contributed by atoms with Gasteiger partial charge in [-0.25, -0.2) is 0 Å². The van der Waals surface area contributed by atoms with E-state index < -0.39 is 0 Å². The zero-order chi connectivity index (χ0) is 15.5. The highest BCUT2D eigenvalue weighted by Gasteiger charge is 2.24. The number of aromatic nitrogens is 2. The van der Waals surface area contributed by atoms with E-state index in [-0.39, 0.29) is 11.9 Å². The average Bonchev–Trinajstić information content (AvgIpc) is 2.98. The lowest BCUT2D eigenvalue weighted by Crippen LogP contribution is -2.52. The molecular weight excluding hydrogens is 300 g/mol. The Morgan fingerprint density at radius 1 is 1.45 bits per heavy atom. The van der Waals surface area contributed by atoms with Gasteiger partial charge in [-0.05, 0) is 18.6 Å². The van der Waals surface area contributed by atoms with Crippen LogP contribution in [0.1, 0.15) is 22.8 Å². The first-order valence-corrected chi connectivity index (χ1v) is 7.80. The van der Waals surface area contributed by atoms with Crippen LogP contribution in [0, 0.1) is 0 Å². The number of amides is 1. The average molecular weight is 319 g/mol. The second kappa shape index (κ2) is 6.50. The van der Waals surface area contributed by atoms with Crippen LogP contribution in [-0.2, 0) is 6.54 Å². The van der Waals surface area contributed by atoms with E-state index in [1.165, 1.54) is 0 Å². The number of nitrogens with zero attached hydrogens (tertiary/aromatic N) is 3. The summed E-state index contributed by atoms with van der Waals surface area (Å²) in [5.41, 5.74) is 1.61. The molecule has 3 rings (SSSR count). The van der Waals surface area contributed by atoms with E-state index in [9.17, 15) is 4.79 Å². The molecule has 0 spiro atoms. The van der Waals surface area contributed by atoms with Gasteiger partial charge in [0.25, 0.3) is 5.91 Å². The summed E-state index contributed by atoms with van der Waals surface area (Å²) in [4.78, 5) is 14.5. The van der Waals surface area contributed by atoms with Crippen molar-refractivity contribution >= 4 is 17.5 Å². The number of hydrogen-bond acceptors (Lipinski definition) is 3. The van der Waals surface area contributed by atoms with Crippen molar-refractivity contribution in [2.45, 2.75) is 19.5 Å². The molecule has 5 nitrogen and oxygen atoms in total. The molecular formula is C16H19ClN4O. The number of halogens is 1. The lowest BCUT2D eigenvalue weighted by atomic mass is 10.2. The summed E-state index contributed by atoms with van der Waals surface area (Å²) < 4.78 is 1.75. The van der Waals surface area contributed by atoms with Gasteiger partial charge in [0, 0.05) is 36.9 Å². The molecule has 1 fully saturated rings. The van der Waals surface area contributed by atoms with Gasteiger partial charge >= 0.3 is 0 Å². The Hall–Kier alpha value is -1.85. The van der Waals surface area contributed by atoms with Crippen molar-refractivity contribution in [2.75, 3.05) is 19.6 Å². The molecule has 0 bridgehead atoms. The van der Waals surface area contributed by atoms with Crippen LogP contribution in [-0.4, -0.2) is 46.3 Å². The van der Waals surface area contributed by atoms with E-state index in [1.807, 2.05) is 29.2 Å². The Labute approximate surface area is 134 Å². The molecule has 0 radical (unpaired) electrons. The Balaban J connectivity index is 1.73. The predicted octanol–water partition coefficient (Wildman–Crippen LogP) is 2.02. The van der Waals surface area contributed by atoms with Gasteiger partial charge in [0.1, 0.15) is 0 Å². The van der Waals surface area contributed by atoms with Crippen molar-refractivity contribution in [2.24, 2.45) is 0 Å². The summed E-state index contributed by atoms with van der Waals surface area (Å²) in [5, 5.41) is 8.28. The summed E-state index contributed by atoms with van der Waals surface area (Å²) >= 11 is 6.16. The van der Waals surface area contributed by atoms with Gasteiger partial charge in [-0.15, -0.1) is 0 Å². The molecule has 0 saturated carbocycles. The first-order valence-electron chi connectivity index (χ1n) is 7.42. The highest BCUT2D eigenvalue weighted by molar-refractivity contribution is 6.31. The molecule has 2 aromatic rings. The van der Waals surface area contributed by atoms with E-state index in [0.717, 1.165) is 25.2 Å². The Morgan fingerprint density at radius 3 is 3.05 bits per heavy atom. The fourth-order valence-corrected chi connectivity index (χ4v) is 2.87. The first kappa shape index (κ1) is 15.1. The maximum atomic E-state index is 12.6. The standard InChI is InChI=1S/C16H19ClN4O/c1-12-8-18-6-7-21(12)16(22)14-9-19-20(11-14)10-13-4-2-3-5-15(13)17/h2-5,9,11-12,18H,6-8,10H2,1H3/t12-/m0/s1. The maximum absolute atomic E-state index is 12.6. The van der Waals surface area contributed by atoms with E-state index >= 15 is 0 Å². The van der Waals surface area contributed by atoms with Crippen LogP contribution >= 0.6 is 11.6 Å². The molecule has 1 saturated heterocycles. The van der Waals surface area contributed by atoms with Crippen molar-refractivity contribution in [3.8, 4) is 0 Å². The topological polar surface area (TPSA) is 50.2 Å². The molecule has 22 heavy (non-hydrogen) atoms. The van der Waals surface area contributed by atoms with Crippen LogP contribution in [0.25, 0.3) is 0 Å². The molecule has 0 aliphatic carbocycles. The van der Waals surface area contributed by atoms with Gasteiger partial charge in [0.2, 0.25) is 0 Å². The highest BCUT2D eigenvalue weighted by atomic mass is 35.5. The summed E-state index contributed by atoms with van der Waals surface area (Å²) in [5.74, 6) is 0.0411. The van der Waals surface area contributed by atoms with E-state index in [2.05, 4.69) is 17.3 Å². The molecule has 1 aliphatic rings. The van der Waals surface area contributed by atoms with Crippen molar-refractivity contribution in [3.05, 3.63) is 52.8 Å².